The topological polar surface area (TPSA) is 80.8 Å². The molecule has 2 unspecified atom stereocenters. The smallest absolute Gasteiger partial charge is 0.358 e. The van der Waals surface area contributed by atoms with E-state index in [-0.39, 0.29) is 30.4 Å². The monoisotopic (exact) mass is 339 g/mol. The summed E-state index contributed by atoms with van der Waals surface area (Å²) in [5.74, 6) is -0.823. The Kier molecular flexibility index (Phi) is 6.12. The summed E-state index contributed by atoms with van der Waals surface area (Å²) < 4.78 is 10.6. The maximum absolute atomic E-state index is 12.1. The highest BCUT2D eigenvalue weighted by atomic mass is 32.1. The van der Waals surface area contributed by atoms with Gasteiger partial charge in [-0.1, -0.05) is 6.08 Å². The minimum Gasteiger partial charge on any atom is -0.451 e. The summed E-state index contributed by atoms with van der Waals surface area (Å²) in [4.78, 5) is 29.8. The van der Waals surface area contributed by atoms with Gasteiger partial charge in [0.05, 0.1) is 12.2 Å². The van der Waals surface area contributed by atoms with E-state index in [1.807, 2.05) is 13.8 Å². The average Bonchev–Trinajstić information content (AvgIpc) is 2.98. The summed E-state index contributed by atoms with van der Waals surface area (Å²) in [6.45, 7) is 8.71. The Hall–Kier alpha value is -1.93. The Morgan fingerprint density at radius 3 is 2.87 bits per heavy atom. The number of hydrogen-bond donors (Lipinski definition) is 1. The summed E-state index contributed by atoms with van der Waals surface area (Å²) in [5.41, 5.74) is 0.193. The van der Waals surface area contributed by atoms with Crippen molar-refractivity contribution in [3.8, 4) is 0 Å². The molecule has 8 heteroatoms. The predicted octanol–water partition coefficient (Wildman–Crippen LogP) is 1.53. The van der Waals surface area contributed by atoms with Gasteiger partial charge in [0.1, 0.15) is 0 Å². The molecule has 1 aliphatic heterocycles. The van der Waals surface area contributed by atoms with Crippen LogP contribution in [0.4, 0.5) is 5.13 Å². The number of nitrogens with one attached hydrogen (secondary N) is 1. The maximum Gasteiger partial charge on any atom is 0.358 e. The molecule has 1 N–H and O–H groups in total. The van der Waals surface area contributed by atoms with E-state index >= 15 is 0 Å². The number of rotatable bonds is 6. The molecule has 0 aromatic carbocycles. The highest BCUT2D eigenvalue weighted by Crippen LogP contribution is 2.16. The van der Waals surface area contributed by atoms with Gasteiger partial charge >= 0.3 is 5.97 Å². The molecule has 1 aromatic rings. The van der Waals surface area contributed by atoms with Crippen LogP contribution in [0.5, 0.6) is 0 Å². The minimum atomic E-state index is -0.601. The molecule has 1 aliphatic rings. The van der Waals surface area contributed by atoms with Gasteiger partial charge in [-0.3, -0.25) is 4.79 Å². The number of amides is 1. The van der Waals surface area contributed by atoms with Crippen molar-refractivity contribution in [1.29, 1.82) is 0 Å². The van der Waals surface area contributed by atoms with Gasteiger partial charge in [0.25, 0.3) is 5.91 Å². The molecule has 1 amide bonds. The SMILES string of the molecule is C=CCNc1nc(C(=O)OCC(=O)N2CC(C)OC(C)C2)cs1. The lowest BCUT2D eigenvalue weighted by Gasteiger charge is -2.35. The number of hydrogen-bond acceptors (Lipinski definition) is 7. The Bertz CT molecular complexity index is 565. The lowest BCUT2D eigenvalue weighted by atomic mass is 10.2. The average molecular weight is 339 g/mol. The quantitative estimate of drug-likeness (QED) is 0.625. The van der Waals surface area contributed by atoms with Crippen LogP contribution in [-0.4, -0.2) is 60.2 Å². The van der Waals surface area contributed by atoms with Gasteiger partial charge in [-0.25, -0.2) is 9.78 Å². The van der Waals surface area contributed by atoms with Crippen molar-refractivity contribution in [3.05, 3.63) is 23.7 Å². The Morgan fingerprint density at radius 2 is 2.22 bits per heavy atom. The number of esters is 1. The van der Waals surface area contributed by atoms with E-state index in [1.54, 1.807) is 16.4 Å². The molecule has 2 atom stereocenters. The summed E-state index contributed by atoms with van der Waals surface area (Å²) in [5, 5.41) is 5.19. The summed E-state index contributed by atoms with van der Waals surface area (Å²) in [7, 11) is 0. The van der Waals surface area contributed by atoms with E-state index in [1.165, 1.54) is 11.3 Å². The van der Waals surface area contributed by atoms with Crippen molar-refractivity contribution in [2.75, 3.05) is 31.6 Å². The zero-order valence-corrected chi connectivity index (χ0v) is 14.1. The fourth-order valence-corrected chi connectivity index (χ4v) is 2.97. The van der Waals surface area contributed by atoms with E-state index in [0.717, 1.165) is 0 Å². The third-order valence-corrected chi connectivity index (χ3v) is 4.01. The normalized spacial score (nSPS) is 20.9. The van der Waals surface area contributed by atoms with Crippen molar-refractivity contribution in [2.45, 2.75) is 26.1 Å². The van der Waals surface area contributed by atoms with Crippen molar-refractivity contribution < 1.29 is 19.1 Å². The predicted molar refractivity (Wildman–Crippen MR) is 87.7 cm³/mol. The van der Waals surface area contributed by atoms with E-state index in [0.29, 0.717) is 24.8 Å². The third-order valence-electron chi connectivity index (χ3n) is 3.21. The second kappa shape index (κ2) is 8.07. The summed E-state index contributed by atoms with van der Waals surface area (Å²) >= 11 is 1.30. The number of anilines is 1. The first-order valence-electron chi connectivity index (χ1n) is 7.40. The second-order valence-corrected chi connectivity index (χ2v) is 6.20. The summed E-state index contributed by atoms with van der Waals surface area (Å²) in [6.07, 6.45) is 1.66. The van der Waals surface area contributed by atoms with Crippen LogP contribution in [0.3, 0.4) is 0 Å². The van der Waals surface area contributed by atoms with Crippen LogP contribution in [0.25, 0.3) is 0 Å². The number of carbonyl (C=O) groups excluding carboxylic acids is 2. The number of nitrogens with zero attached hydrogens (tertiary/aromatic N) is 2. The zero-order chi connectivity index (χ0) is 16.8. The van der Waals surface area contributed by atoms with Crippen molar-refractivity contribution in [3.63, 3.8) is 0 Å². The molecule has 0 bridgehead atoms. The lowest BCUT2D eigenvalue weighted by Crippen LogP contribution is -2.49. The van der Waals surface area contributed by atoms with Gasteiger partial charge in [-0.2, -0.15) is 0 Å². The molecule has 126 valence electrons. The molecule has 2 rings (SSSR count). The van der Waals surface area contributed by atoms with Crippen LogP contribution in [0.15, 0.2) is 18.0 Å². The first-order valence-corrected chi connectivity index (χ1v) is 8.28. The Balaban J connectivity index is 1.82. The van der Waals surface area contributed by atoms with Crippen molar-refractivity contribution >= 4 is 28.3 Å². The van der Waals surface area contributed by atoms with Crippen LogP contribution in [-0.2, 0) is 14.3 Å². The fourth-order valence-electron chi connectivity index (χ4n) is 2.28. The fraction of sp³-hybridized carbons (Fsp3) is 0.533. The molecular weight excluding hydrogens is 318 g/mol. The molecular formula is C15H21N3O4S. The van der Waals surface area contributed by atoms with Crippen molar-refractivity contribution in [2.24, 2.45) is 0 Å². The molecule has 0 radical (unpaired) electrons. The van der Waals surface area contributed by atoms with E-state index in [4.69, 9.17) is 9.47 Å². The maximum atomic E-state index is 12.1. The van der Waals surface area contributed by atoms with Gasteiger partial charge < -0.3 is 19.7 Å². The lowest BCUT2D eigenvalue weighted by molar-refractivity contribution is -0.146. The highest BCUT2D eigenvalue weighted by Gasteiger charge is 2.26. The molecule has 0 saturated carbocycles. The van der Waals surface area contributed by atoms with Crippen LogP contribution < -0.4 is 5.32 Å². The van der Waals surface area contributed by atoms with Gasteiger partial charge in [0.15, 0.2) is 17.4 Å². The van der Waals surface area contributed by atoms with E-state index in [2.05, 4.69) is 16.9 Å². The van der Waals surface area contributed by atoms with Crippen LogP contribution in [0.1, 0.15) is 24.3 Å². The zero-order valence-electron chi connectivity index (χ0n) is 13.3. The number of carbonyl (C=O) groups is 2. The molecule has 7 nitrogen and oxygen atoms in total. The molecule has 0 aliphatic carbocycles. The third kappa shape index (κ3) is 5.04. The van der Waals surface area contributed by atoms with E-state index < -0.39 is 5.97 Å². The van der Waals surface area contributed by atoms with Gasteiger partial charge in [0.2, 0.25) is 0 Å². The molecule has 1 saturated heterocycles. The Morgan fingerprint density at radius 1 is 1.52 bits per heavy atom. The standard InChI is InChI=1S/C15H21N3O4S/c1-4-5-16-15-17-12(9-23-15)14(20)21-8-13(19)18-6-10(2)22-11(3)7-18/h4,9-11H,1,5-8H2,2-3H3,(H,16,17). The molecule has 1 aromatic heterocycles. The number of thiazole rings is 1. The van der Waals surface area contributed by atoms with Crippen molar-refractivity contribution in [1.82, 2.24) is 9.88 Å². The second-order valence-electron chi connectivity index (χ2n) is 5.34. The van der Waals surface area contributed by atoms with E-state index in [9.17, 15) is 9.59 Å². The first-order chi connectivity index (χ1) is 11.0. The van der Waals surface area contributed by atoms with Gasteiger partial charge in [0, 0.05) is 25.0 Å². The molecule has 23 heavy (non-hydrogen) atoms. The van der Waals surface area contributed by atoms with Gasteiger partial charge in [-0.15, -0.1) is 17.9 Å². The number of ether oxygens (including phenoxy) is 2. The molecule has 0 spiro atoms. The van der Waals surface area contributed by atoms with Gasteiger partial charge in [-0.05, 0) is 13.8 Å². The number of morpholine rings is 1. The number of aromatic nitrogens is 1. The minimum absolute atomic E-state index is 0.0181. The Labute approximate surface area is 139 Å². The summed E-state index contributed by atoms with van der Waals surface area (Å²) in [6, 6.07) is 0. The highest BCUT2D eigenvalue weighted by molar-refractivity contribution is 7.13. The molecule has 2 heterocycles. The van der Waals surface area contributed by atoms with Crippen LogP contribution in [0.2, 0.25) is 0 Å². The first kappa shape index (κ1) is 17.4. The largest absolute Gasteiger partial charge is 0.451 e. The van der Waals surface area contributed by atoms with Crippen LogP contribution in [0, 0.1) is 0 Å². The molecule has 1 fully saturated rings. The van der Waals surface area contributed by atoms with Crippen LogP contribution >= 0.6 is 11.3 Å².